The van der Waals surface area contributed by atoms with Crippen LogP contribution in [0.15, 0.2) is 0 Å². The normalized spacial score (nSPS) is 31.5. The van der Waals surface area contributed by atoms with Crippen molar-refractivity contribution in [3.63, 3.8) is 0 Å². The average molecular weight is 238 g/mol. The van der Waals surface area contributed by atoms with Gasteiger partial charge in [-0.15, -0.1) is 0 Å². The summed E-state index contributed by atoms with van der Waals surface area (Å²) in [6.45, 7) is 8.03. The molecule has 1 heterocycles. The minimum absolute atomic E-state index is 0.236. The molecule has 0 N–H and O–H groups in total. The molecule has 2 rings (SSSR count). The third-order valence-corrected chi connectivity index (χ3v) is 4.67. The summed E-state index contributed by atoms with van der Waals surface area (Å²) in [5, 5.41) is 0. The van der Waals surface area contributed by atoms with Gasteiger partial charge in [-0.25, -0.2) is 0 Å². The zero-order valence-corrected chi connectivity index (χ0v) is 11.3. The summed E-state index contributed by atoms with van der Waals surface area (Å²) in [7, 11) is 0. The number of carbonyl (C=O) groups excluding carboxylic acids is 1. The third-order valence-electron chi connectivity index (χ3n) is 4.67. The lowest BCUT2D eigenvalue weighted by Crippen LogP contribution is -2.52. The van der Waals surface area contributed by atoms with Gasteiger partial charge in [0.2, 0.25) is 5.91 Å². The van der Waals surface area contributed by atoms with E-state index in [1.807, 2.05) is 4.90 Å². The van der Waals surface area contributed by atoms with Crippen LogP contribution in [0, 0.1) is 5.92 Å². The van der Waals surface area contributed by atoms with Gasteiger partial charge >= 0.3 is 0 Å². The molecule has 98 valence electrons. The number of hydrogen-bond acceptors (Lipinski definition) is 2. The van der Waals surface area contributed by atoms with E-state index in [1.165, 1.54) is 32.1 Å². The molecule has 1 saturated carbocycles. The first-order valence-electron chi connectivity index (χ1n) is 7.20. The molecule has 0 atom stereocenters. The van der Waals surface area contributed by atoms with E-state index in [9.17, 15) is 4.79 Å². The van der Waals surface area contributed by atoms with Gasteiger partial charge in [-0.2, -0.15) is 0 Å². The van der Waals surface area contributed by atoms with Crippen LogP contribution in [0.4, 0.5) is 0 Å². The molecule has 2 aliphatic rings. The second-order valence-electron chi connectivity index (χ2n) is 5.62. The first-order chi connectivity index (χ1) is 8.20. The second-order valence-corrected chi connectivity index (χ2v) is 5.62. The molecule has 1 aliphatic heterocycles. The van der Waals surface area contributed by atoms with E-state index in [4.69, 9.17) is 0 Å². The Balaban J connectivity index is 1.76. The first-order valence-corrected chi connectivity index (χ1v) is 7.20. The SMILES string of the molecule is CC[C@H]1CC[C@H](N2CCN(C(C)=O)CC2)CC1. The number of nitrogens with zero attached hydrogens (tertiary/aromatic N) is 2. The van der Waals surface area contributed by atoms with Gasteiger partial charge < -0.3 is 4.90 Å². The Kier molecular flexibility index (Phi) is 4.43. The standard InChI is InChI=1S/C14H26N2O/c1-3-13-4-6-14(7-5-13)16-10-8-15(9-11-16)12(2)17/h13-14H,3-11H2,1-2H3/t13-,14-. The van der Waals surface area contributed by atoms with Crippen molar-refractivity contribution in [2.75, 3.05) is 26.2 Å². The summed E-state index contributed by atoms with van der Waals surface area (Å²) >= 11 is 0. The Bertz CT molecular complexity index is 251. The van der Waals surface area contributed by atoms with E-state index in [1.54, 1.807) is 6.92 Å². The molecule has 3 nitrogen and oxygen atoms in total. The number of rotatable bonds is 2. The minimum atomic E-state index is 0.236. The number of piperazine rings is 1. The average Bonchev–Trinajstić information content (AvgIpc) is 2.39. The van der Waals surface area contributed by atoms with Crippen molar-refractivity contribution in [3.05, 3.63) is 0 Å². The van der Waals surface area contributed by atoms with Gasteiger partial charge in [0.15, 0.2) is 0 Å². The van der Waals surface area contributed by atoms with Crippen molar-refractivity contribution < 1.29 is 4.79 Å². The largest absolute Gasteiger partial charge is 0.340 e. The molecule has 17 heavy (non-hydrogen) atoms. The van der Waals surface area contributed by atoms with Gasteiger partial charge in [0, 0.05) is 39.1 Å². The van der Waals surface area contributed by atoms with E-state index in [2.05, 4.69) is 11.8 Å². The Morgan fingerprint density at radius 1 is 1.06 bits per heavy atom. The maximum absolute atomic E-state index is 11.3. The zero-order chi connectivity index (χ0) is 12.3. The Hall–Kier alpha value is -0.570. The van der Waals surface area contributed by atoms with Gasteiger partial charge in [-0.05, 0) is 31.6 Å². The molecule has 0 aromatic carbocycles. The van der Waals surface area contributed by atoms with Crippen molar-refractivity contribution in [2.24, 2.45) is 5.92 Å². The molecule has 0 aromatic rings. The molecule has 0 aromatic heterocycles. The van der Waals surface area contributed by atoms with Crippen LogP contribution in [0.1, 0.15) is 46.0 Å². The maximum Gasteiger partial charge on any atom is 0.219 e. The molecular weight excluding hydrogens is 212 g/mol. The van der Waals surface area contributed by atoms with E-state index < -0.39 is 0 Å². The third kappa shape index (κ3) is 3.21. The van der Waals surface area contributed by atoms with Gasteiger partial charge in [0.05, 0.1) is 0 Å². The summed E-state index contributed by atoms with van der Waals surface area (Å²) in [6.07, 6.45) is 6.92. The van der Waals surface area contributed by atoms with Crippen LogP contribution in [0.2, 0.25) is 0 Å². The quantitative estimate of drug-likeness (QED) is 0.735. The summed E-state index contributed by atoms with van der Waals surface area (Å²) in [5.74, 6) is 1.21. The van der Waals surface area contributed by atoms with Crippen LogP contribution in [0.5, 0.6) is 0 Å². The summed E-state index contributed by atoms with van der Waals surface area (Å²) in [5.41, 5.74) is 0. The fourth-order valence-corrected chi connectivity index (χ4v) is 3.32. The lowest BCUT2D eigenvalue weighted by molar-refractivity contribution is -0.131. The molecule has 1 saturated heterocycles. The van der Waals surface area contributed by atoms with Crippen molar-refractivity contribution in [1.29, 1.82) is 0 Å². The van der Waals surface area contributed by atoms with Crippen LogP contribution in [-0.2, 0) is 4.79 Å². The fraction of sp³-hybridized carbons (Fsp3) is 0.929. The monoisotopic (exact) mass is 238 g/mol. The first kappa shape index (κ1) is 12.9. The molecule has 1 amide bonds. The van der Waals surface area contributed by atoms with Gasteiger partial charge in [0.1, 0.15) is 0 Å². The maximum atomic E-state index is 11.3. The van der Waals surface area contributed by atoms with E-state index in [0.29, 0.717) is 0 Å². The van der Waals surface area contributed by atoms with Gasteiger partial charge in [0.25, 0.3) is 0 Å². The highest BCUT2D eigenvalue weighted by Crippen LogP contribution is 2.29. The van der Waals surface area contributed by atoms with Crippen molar-refractivity contribution in [2.45, 2.75) is 52.0 Å². The van der Waals surface area contributed by atoms with Crippen molar-refractivity contribution >= 4 is 5.91 Å². The predicted octanol–water partition coefficient (Wildman–Crippen LogP) is 2.12. The lowest BCUT2D eigenvalue weighted by atomic mass is 9.84. The topological polar surface area (TPSA) is 23.6 Å². The van der Waals surface area contributed by atoms with E-state index >= 15 is 0 Å². The Labute approximate surface area is 105 Å². The van der Waals surface area contributed by atoms with Crippen LogP contribution in [0.25, 0.3) is 0 Å². The summed E-state index contributed by atoms with van der Waals surface area (Å²) < 4.78 is 0. The molecule has 2 fully saturated rings. The number of amides is 1. The smallest absolute Gasteiger partial charge is 0.219 e. The number of carbonyl (C=O) groups is 1. The van der Waals surface area contributed by atoms with E-state index in [0.717, 1.165) is 38.1 Å². The molecule has 0 unspecified atom stereocenters. The molecule has 0 bridgehead atoms. The van der Waals surface area contributed by atoms with Crippen LogP contribution in [0.3, 0.4) is 0 Å². The highest BCUT2D eigenvalue weighted by atomic mass is 16.2. The van der Waals surface area contributed by atoms with Crippen molar-refractivity contribution in [3.8, 4) is 0 Å². The van der Waals surface area contributed by atoms with Crippen LogP contribution in [-0.4, -0.2) is 47.9 Å². The fourth-order valence-electron chi connectivity index (χ4n) is 3.32. The molecule has 1 aliphatic carbocycles. The summed E-state index contributed by atoms with van der Waals surface area (Å²) in [6, 6.07) is 0.798. The van der Waals surface area contributed by atoms with Crippen molar-refractivity contribution in [1.82, 2.24) is 9.80 Å². The van der Waals surface area contributed by atoms with Gasteiger partial charge in [-0.3, -0.25) is 9.69 Å². The summed E-state index contributed by atoms with van der Waals surface area (Å²) in [4.78, 5) is 15.9. The van der Waals surface area contributed by atoms with Crippen LogP contribution < -0.4 is 0 Å². The second kappa shape index (κ2) is 5.85. The zero-order valence-electron chi connectivity index (χ0n) is 11.3. The molecule has 0 radical (unpaired) electrons. The lowest BCUT2D eigenvalue weighted by Gasteiger charge is -2.41. The van der Waals surface area contributed by atoms with Crippen LogP contribution >= 0.6 is 0 Å². The number of hydrogen-bond donors (Lipinski definition) is 0. The molecule has 3 heteroatoms. The minimum Gasteiger partial charge on any atom is -0.340 e. The highest BCUT2D eigenvalue weighted by Gasteiger charge is 2.28. The Morgan fingerprint density at radius 2 is 1.65 bits per heavy atom. The Morgan fingerprint density at radius 3 is 2.12 bits per heavy atom. The molecule has 0 spiro atoms. The van der Waals surface area contributed by atoms with Gasteiger partial charge in [-0.1, -0.05) is 13.3 Å². The van der Waals surface area contributed by atoms with E-state index in [-0.39, 0.29) is 5.91 Å². The highest BCUT2D eigenvalue weighted by molar-refractivity contribution is 5.73. The molecular formula is C14H26N2O. The predicted molar refractivity (Wildman–Crippen MR) is 69.9 cm³/mol.